The maximum atomic E-state index is 14.2. The minimum absolute atomic E-state index is 0.621. The van der Waals surface area contributed by atoms with E-state index in [0.29, 0.717) is 11.7 Å². The van der Waals surface area contributed by atoms with Gasteiger partial charge in [-0.1, -0.05) is 61.5 Å². The lowest BCUT2D eigenvalue weighted by Gasteiger charge is -2.07. The Balaban J connectivity index is 2.01. The third-order valence-electron chi connectivity index (χ3n) is 5.18. The van der Waals surface area contributed by atoms with Gasteiger partial charge < -0.3 is 8.79 Å². The first-order valence-corrected chi connectivity index (χ1v) is 9.22. The smallest absolute Gasteiger partial charge is 0.342 e. The Labute approximate surface area is 159 Å². The molecule has 2 aromatic carbocycles. The molecule has 3 nitrogen and oxygen atoms in total. The molecule has 1 aliphatic heterocycles. The molecule has 2 heterocycles. The van der Waals surface area contributed by atoms with E-state index in [2.05, 4.69) is 11.9 Å². The van der Waals surface area contributed by atoms with Crippen molar-refractivity contribution in [1.29, 1.82) is 0 Å². The predicted octanol–water partition coefficient (Wildman–Crippen LogP) is 5.62. The number of allylic oxidation sites excluding steroid dienone is 1. The van der Waals surface area contributed by atoms with Crippen molar-refractivity contribution in [2.75, 3.05) is 0 Å². The number of aliphatic imine (C=N–C) groups is 2. The van der Waals surface area contributed by atoms with Gasteiger partial charge in [-0.15, -0.1) is 0 Å². The molecule has 0 aliphatic carbocycles. The lowest BCUT2D eigenvalue weighted by atomic mass is 10.1. The third kappa shape index (κ3) is 2.83. The van der Waals surface area contributed by atoms with E-state index in [0.717, 1.165) is 39.7 Å². The number of hydrogen-bond donors (Lipinski definition) is 0. The summed E-state index contributed by atoms with van der Waals surface area (Å²) in [5.74, 6) is 1.30. The molecule has 0 fully saturated rings. The fourth-order valence-corrected chi connectivity index (χ4v) is 3.87. The van der Waals surface area contributed by atoms with Crippen LogP contribution in [0.4, 0.5) is 10.1 Å². The van der Waals surface area contributed by atoms with Crippen molar-refractivity contribution in [3.8, 4) is 11.3 Å². The summed E-state index contributed by atoms with van der Waals surface area (Å²) in [4.78, 5) is 9.47. The number of nitrogens with zero attached hydrogens (tertiary/aromatic N) is 3. The van der Waals surface area contributed by atoms with E-state index in [1.807, 2.05) is 68.4 Å². The van der Waals surface area contributed by atoms with E-state index in [-0.39, 0.29) is 0 Å². The monoisotopic (exact) mass is 357 g/mol. The predicted molar refractivity (Wildman–Crippen MR) is 114 cm³/mol. The van der Waals surface area contributed by atoms with Gasteiger partial charge in [0.15, 0.2) is 5.84 Å². The Morgan fingerprint density at radius 3 is 2.30 bits per heavy atom. The molecule has 0 atom stereocenters. The van der Waals surface area contributed by atoms with Crippen molar-refractivity contribution in [2.45, 2.75) is 27.2 Å². The summed E-state index contributed by atoms with van der Waals surface area (Å²) in [5, 5.41) is 1.93. The molecule has 0 N–H and O–H groups in total. The van der Waals surface area contributed by atoms with E-state index in [1.165, 1.54) is 5.57 Å². The minimum atomic E-state index is -0.642. The van der Waals surface area contributed by atoms with E-state index >= 15 is 0 Å². The van der Waals surface area contributed by atoms with Crippen LogP contribution in [-0.4, -0.2) is 23.7 Å². The topological polar surface area (TPSA) is 29.6 Å². The second-order valence-corrected chi connectivity index (χ2v) is 6.72. The van der Waals surface area contributed by atoms with Crippen LogP contribution in [0.3, 0.4) is 0 Å². The number of hydrogen-bond acceptors (Lipinski definition) is 1. The van der Waals surface area contributed by atoms with Crippen LogP contribution in [-0.2, 0) is 0 Å². The summed E-state index contributed by atoms with van der Waals surface area (Å²) < 4.78 is 15.9. The summed E-state index contributed by atoms with van der Waals surface area (Å²) in [6.45, 7) is 6.17. The van der Waals surface area contributed by atoms with Crippen LogP contribution in [0.25, 0.3) is 22.0 Å². The average Bonchev–Trinajstić information content (AvgIpc) is 3.16. The number of halogens is 1. The molecule has 0 saturated carbocycles. The molecule has 134 valence electrons. The fraction of sp³-hybridized carbons (Fsp3) is 0.182. The van der Waals surface area contributed by atoms with Gasteiger partial charge in [-0.2, -0.15) is 0 Å². The molecule has 0 unspecified atom stereocenters. The summed E-state index contributed by atoms with van der Waals surface area (Å²) in [6, 6.07) is 17.9. The van der Waals surface area contributed by atoms with Gasteiger partial charge in [0.05, 0.1) is 0 Å². The normalized spacial score (nSPS) is 15.7. The second kappa shape index (κ2) is 6.99. The van der Waals surface area contributed by atoms with E-state index < -0.39 is 7.69 Å². The van der Waals surface area contributed by atoms with Gasteiger partial charge in [0, 0.05) is 22.2 Å². The zero-order valence-electron chi connectivity index (χ0n) is 15.8. The molecule has 0 bridgehead atoms. The standard InChI is InChI=1S/C22H21BFN3/c1-4-17-14(2)21(25-15(17)3)26-22-19-13-9-8-12-18(19)20(27(22)23-24)16-10-6-5-7-11-16/h5-13,23H,4H2,1-3H3/b26-21-. The van der Waals surface area contributed by atoms with Crippen molar-refractivity contribution >= 4 is 35.8 Å². The molecular formula is C22H21BFN3. The Hall–Kier alpha value is -2.95. The van der Waals surface area contributed by atoms with Crippen LogP contribution in [0.5, 0.6) is 0 Å². The Morgan fingerprint density at radius 1 is 1.00 bits per heavy atom. The van der Waals surface area contributed by atoms with Crippen molar-refractivity contribution in [3.05, 3.63) is 65.7 Å². The highest BCUT2D eigenvalue weighted by atomic mass is 19.1. The van der Waals surface area contributed by atoms with Crippen molar-refractivity contribution in [3.63, 3.8) is 0 Å². The van der Waals surface area contributed by atoms with Gasteiger partial charge in [-0.05, 0) is 37.0 Å². The molecular weight excluding hydrogens is 336 g/mol. The number of fused-ring (bicyclic) bond motifs is 1. The Morgan fingerprint density at radius 2 is 1.67 bits per heavy atom. The molecule has 1 aliphatic rings. The average molecular weight is 357 g/mol. The lowest BCUT2D eigenvalue weighted by molar-refractivity contribution is 0.838. The van der Waals surface area contributed by atoms with Crippen LogP contribution in [0, 0.1) is 0 Å². The van der Waals surface area contributed by atoms with E-state index in [1.54, 1.807) is 4.48 Å². The first-order chi connectivity index (χ1) is 13.2. The summed E-state index contributed by atoms with van der Waals surface area (Å²) in [6.07, 6.45) is 0.917. The Kier molecular flexibility index (Phi) is 4.52. The van der Waals surface area contributed by atoms with E-state index in [4.69, 9.17) is 4.99 Å². The van der Waals surface area contributed by atoms with Gasteiger partial charge in [-0.25, -0.2) is 9.98 Å². The third-order valence-corrected chi connectivity index (χ3v) is 5.18. The van der Waals surface area contributed by atoms with Crippen LogP contribution >= 0.6 is 0 Å². The highest BCUT2D eigenvalue weighted by molar-refractivity contribution is 6.30. The lowest BCUT2D eigenvalue weighted by Crippen LogP contribution is -2.03. The van der Waals surface area contributed by atoms with Gasteiger partial charge in [0.2, 0.25) is 0 Å². The van der Waals surface area contributed by atoms with Crippen LogP contribution in [0.15, 0.2) is 75.7 Å². The van der Waals surface area contributed by atoms with Crippen LogP contribution in [0.2, 0.25) is 0 Å². The summed E-state index contributed by atoms with van der Waals surface area (Å²) >= 11 is 0. The van der Waals surface area contributed by atoms with Gasteiger partial charge in [-0.3, -0.25) is 0 Å². The molecule has 5 heteroatoms. The molecule has 1 aromatic heterocycles. The molecule has 0 spiro atoms. The van der Waals surface area contributed by atoms with Crippen molar-refractivity contribution in [2.24, 2.45) is 9.98 Å². The molecule has 0 amide bonds. The van der Waals surface area contributed by atoms with Crippen LogP contribution < -0.4 is 0 Å². The van der Waals surface area contributed by atoms with E-state index in [9.17, 15) is 4.32 Å². The van der Waals surface area contributed by atoms with Gasteiger partial charge in [0.1, 0.15) is 5.82 Å². The highest BCUT2D eigenvalue weighted by Gasteiger charge is 2.22. The molecule has 4 rings (SSSR count). The minimum Gasteiger partial charge on any atom is -0.342 e. The van der Waals surface area contributed by atoms with Gasteiger partial charge in [0.25, 0.3) is 0 Å². The second-order valence-electron chi connectivity index (χ2n) is 6.72. The first kappa shape index (κ1) is 17.5. The van der Waals surface area contributed by atoms with Gasteiger partial charge >= 0.3 is 7.69 Å². The van der Waals surface area contributed by atoms with Crippen LogP contribution in [0.1, 0.15) is 27.2 Å². The zero-order valence-corrected chi connectivity index (χ0v) is 15.8. The number of amidine groups is 1. The quantitative estimate of drug-likeness (QED) is 0.542. The fourth-order valence-electron chi connectivity index (χ4n) is 3.87. The molecule has 3 aromatic rings. The maximum absolute atomic E-state index is 14.2. The van der Waals surface area contributed by atoms with Crippen molar-refractivity contribution < 1.29 is 4.32 Å². The number of benzene rings is 2. The molecule has 0 radical (unpaired) electrons. The maximum Gasteiger partial charge on any atom is 0.450 e. The van der Waals surface area contributed by atoms with Crippen molar-refractivity contribution in [1.82, 2.24) is 4.48 Å². The SMILES string of the molecule is CCC1=C(C)/C(=N/c2c3ccccc3c(-c3ccccc3)n2BF)N=C1C. The molecule has 27 heavy (non-hydrogen) atoms. The number of aromatic nitrogens is 1. The highest BCUT2D eigenvalue weighted by Crippen LogP contribution is 2.39. The summed E-state index contributed by atoms with van der Waals surface area (Å²) in [7, 11) is -0.642. The molecule has 0 saturated heterocycles. The zero-order chi connectivity index (χ0) is 19.0. The number of rotatable bonds is 4. The first-order valence-electron chi connectivity index (χ1n) is 9.22. The Bertz CT molecular complexity index is 1110. The largest absolute Gasteiger partial charge is 0.450 e. The summed E-state index contributed by atoms with van der Waals surface area (Å²) in [5.41, 5.74) is 5.13.